The Morgan fingerprint density at radius 1 is 1.15 bits per heavy atom. The molecule has 2 heterocycles. The molecule has 0 spiro atoms. The molecule has 0 aliphatic carbocycles. The first-order chi connectivity index (χ1) is 13.1. The van der Waals surface area contributed by atoms with E-state index in [1.54, 1.807) is 24.3 Å². The number of nitrogens with one attached hydrogen (secondary N) is 1. The van der Waals surface area contributed by atoms with Crippen molar-refractivity contribution in [2.45, 2.75) is 0 Å². The number of nitrogens with two attached hydrogens (primary N) is 1. The third kappa shape index (κ3) is 3.37. The number of carboxylic acid groups (broad SMARTS) is 1. The van der Waals surface area contributed by atoms with E-state index in [4.69, 9.17) is 10.5 Å². The third-order valence-electron chi connectivity index (χ3n) is 4.63. The lowest BCUT2D eigenvalue weighted by Crippen LogP contribution is -2.36. The highest BCUT2D eigenvalue weighted by molar-refractivity contribution is 6.07. The summed E-state index contributed by atoms with van der Waals surface area (Å²) in [5, 5.41) is 15.6. The highest BCUT2D eigenvalue weighted by atomic mass is 16.5. The van der Waals surface area contributed by atoms with E-state index in [0.717, 1.165) is 35.4 Å². The smallest absolute Gasteiger partial charge is 0.0956 e. The molecule has 0 radical (unpaired) electrons. The number of ether oxygens (including phenoxy) is 1. The second-order valence-electron chi connectivity index (χ2n) is 6.35. The summed E-state index contributed by atoms with van der Waals surface area (Å²) in [6.45, 7) is 2.85. The van der Waals surface area contributed by atoms with E-state index < -0.39 is 5.97 Å². The number of carbonyl (C=O) groups is 1. The number of benzene rings is 2. The summed E-state index contributed by atoms with van der Waals surface area (Å²) < 4.78 is 5.43. The van der Waals surface area contributed by atoms with E-state index in [0.29, 0.717) is 24.6 Å². The van der Waals surface area contributed by atoms with Crippen LogP contribution in [0.5, 0.6) is 0 Å². The van der Waals surface area contributed by atoms with Crippen molar-refractivity contribution in [2.75, 3.05) is 42.3 Å². The number of morpholine rings is 1. The van der Waals surface area contributed by atoms with Crippen LogP contribution in [-0.2, 0) is 4.74 Å². The summed E-state index contributed by atoms with van der Waals surface area (Å²) >= 11 is 0. The molecule has 0 unspecified atom stereocenters. The summed E-state index contributed by atoms with van der Waals surface area (Å²) in [4.78, 5) is 18.3. The van der Waals surface area contributed by atoms with Crippen LogP contribution in [-0.4, -0.2) is 37.3 Å². The van der Waals surface area contributed by atoms with Gasteiger partial charge in [-0.15, -0.1) is 0 Å². The fraction of sp³-hybridized carbons (Fsp3) is 0.200. The highest BCUT2D eigenvalue weighted by Crippen LogP contribution is 2.34. The third-order valence-corrected chi connectivity index (χ3v) is 4.63. The van der Waals surface area contributed by atoms with Crippen LogP contribution in [0, 0.1) is 0 Å². The minimum atomic E-state index is -1.28. The van der Waals surface area contributed by atoms with Crippen molar-refractivity contribution in [2.24, 2.45) is 0 Å². The fourth-order valence-electron chi connectivity index (χ4n) is 3.27. The number of hydrogen-bond donors (Lipinski definition) is 2. The van der Waals surface area contributed by atoms with Crippen molar-refractivity contribution < 1.29 is 14.6 Å². The predicted octanol–water partition coefficient (Wildman–Crippen LogP) is 1.76. The Balaban J connectivity index is 1.85. The number of aromatic nitrogens is 1. The van der Waals surface area contributed by atoms with E-state index in [-0.39, 0.29) is 5.56 Å². The average molecular weight is 363 g/mol. The largest absolute Gasteiger partial charge is 0.545 e. The molecular weight excluding hydrogens is 344 g/mol. The van der Waals surface area contributed by atoms with Gasteiger partial charge in [0.2, 0.25) is 0 Å². The number of anilines is 4. The van der Waals surface area contributed by atoms with Gasteiger partial charge in [-0.25, -0.2) is 0 Å². The molecule has 2 aromatic carbocycles. The Hall–Kier alpha value is -3.32. The maximum absolute atomic E-state index is 11.7. The van der Waals surface area contributed by atoms with Crippen LogP contribution in [0.4, 0.5) is 22.7 Å². The number of nitrogen functional groups attached to an aromatic ring is 1. The number of pyridine rings is 1. The molecule has 3 N–H and O–H groups in total. The van der Waals surface area contributed by atoms with Crippen LogP contribution in [0.2, 0.25) is 0 Å². The molecule has 0 amide bonds. The number of para-hydroxylation sites is 1. The first kappa shape index (κ1) is 17.1. The summed E-state index contributed by atoms with van der Waals surface area (Å²) in [5.41, 5.74) is 9.27. The van der Waals surface area contributed by atoms with Gasteiger partial charge in [-0.2, -0.15) is 0 Å². The van der Waals surface area contributed by atoms with Gasteiger partial charge in [0.15, 0.2) is 0 Å². The van der Waals surface area contributed by atoms with E-state index in [1.165, 1.54) is 6.20 Å². The summed E-state index contributed by atoms with van der Waals surface area (Å²) in [7, 11) is 0. The van der Waals surface area contributed by atoms with Crippen LogP contribution in [0.1, 0.15) is 10.4 Å². The zero-order valence-electron chi connectivity index (χ0n) is 14.6. The van der Waals surface area contributed by atoms with Gasteiger partial charge in [-0.05, 0) is 30.3 Å². The van der Waals surface area contributed by atoms with Gasteiger partial charge in [0, 0.05) is 41.6 Å². The molecule has 1 aromatic heterocycles. The molecule has 7 nitrogen and oxygen atoms in total. The lowest BCUT2D eigenvalue weighted by molar-refractivity contribution is -0.254. The van der Waals surface area contributed by atoms with Gasteiger partial charge in [0.05, 0.1) is 36.1 Å². The van der Waals surface area contributed by atoms with E-state index in [9.17, 15) is 9.90 Å². The summed E-state index contributed by atoms with van der Waals surface area (Å²) in [6.07, 6.45) is 1.35. The van der Waals surface area contributed by atoms with Crippen LogP contribution >= 0.6 is 0 Å². The Morgan fingerprint density at radius 2 is 1.89 bits per heavy atom. The number of rotatable bonds is 4. The first-order valence-electron chi connectivity index (χ1n) is 8.72. The Bertz CT molecular complexity index is 982. The monoisotopic (exact) mass is 363 g/mol. The number of carboxylic acids is 1. The molecule has 4 rings (SSSR count). The van der Waals surface area contributed by atoms with Crippen molar-refractivity contribution >= 4 is 39.6 Å². The quantitative estimate of drug-likeness (QED) is 0.681. The average Bonchev–Trinajstić information content (AvgIpc) is 2.70. The van der Waals surface area contributed by atoms with Crippen molar-refractivity contribution in [1.29, 1.82) is 0 Å². The van der Waals surface area contributed by atoms with Crippen molar-refractivity contribution in [3.05, 3.63) is 54.2 Å². The second-order valence-corrected chi connectivity index (χ2v) is 6.35. The zero-order chi connectivity index (χ0) is 18.8. The van der Waals surface area contributed by atoms with Crippen LogP contribution in [0.15, 0.2) is 48.7 Å². The second kappa shape index (κ2) is 7.13. The molecular formula is C20H19N4O3-. The lowest BCUT2D eigenvalue weighted by Gasteiger charge is -2.30. The molecule has 138 valence electrons. The number of nitrogens with zero attached hydrogens (tertiary/aromatic N) is 2. The van der Waals surface area contributed by atoms with Crippen LogP contribution < -0.4 is 21.1 Å². The summed E-state index contributed by atoms with van der Waals surface area (Å²) in [5.74, 6) is -1.28. The number of fused-ring (bicyclic) bond motifs is 1. The molecule has 7 heteroatoms. The molecule has 0 saturated carbocycles. The lowest BCUT2D eigenvalue weighted by atomic mass is 10.1. The molecule has 1 aliphatic rings. The van der Waals surface area contributed by atoms with Gasteiger partial charge < -0.3 is 30.6 Å². The fourth-order valence-corrected chi connectivity index (χ4v) is 3.27. The maximum Gasteiger partial charge on any atom is 0.0956 e. The van der Waals surface area contributed by atoms with Gasteiger partial charge >= 0.3 is 0 Å². The molecule has 3 aromatic rings. The topological polar surface area (TPSA) is 104 Å². The first-order valence-corrected chi connectivity index (χ1v) is 8.72. The van der Waals surface area contributed by atoms with Gasteiger partial charge in [0.25, 0.3) is 0 Å². The molecule has 0 atom stereocenters. The summed E-state index contributed by atoms with van der Waals surface area (Å²) in [6, 6.07) is 12.9. The van der Waals surface area contributed by atoms with E-state index in [2.05, 4.69) is 15.2 Å². The Kier molecular flexibility index (Phi) is 4.52. The molecule has 1 saturated heterocycles. The minimum Gasteiger partial charge on any atom is -0.545 e. The van der Waals surface area contributed by atoms with Crippen LogP contribution in [0.3, 0.4) is 0 Å². The number of hydrogen-bond acceptors (Lipinski definition) is 7. The van der Waals surface area contributed by atoms with E-state index >= 15 is 0 Å². The van der Waals surface area contributed by atoms with Crippen molar-refractivity contribution in [3.8, 4) is 0 Å². The van der Waals surface area contributed by atoms with Crippen molar-refractivity contribution in [3.63, 3.8) is 0 Å². The number of aromatic carboxylic acids is 1. The van der Waals surface area contributed by atoms with Gasteiger partial charge in [-0.1, -0.05) is 12.1 Å². The van der Waals surface area contributed by atoms with Gasteiger partial charge in [-0.3, -0.25) is 4.98 Å². The minimum absolute atomic E-state index is 0.0125. The zero-order valence-corrected chi connectivity index (χ0v) is 14.6. The normalized spacial score (nSPS) is 14.3. The van der Waals surface area contributed by atoms with Crippen molar-refractivity contribution in [1.82, 2.24) is 4.98 Å². The van der Waals surface area contributed by atoms with Gasteiger partial charge in [0.1, 0.15) is 0 Å². The highest BCUT2D eigenvalue weighted by Gasteiger charge is 2.18. The maximum atomic E-state index is 11.7. The van der Waals surface area contributed by atoms with Crippen LogP contribution in [0.25, 0.3) is 10.9 Å². The molecule has 0 bridgehead atoms. The Labute approximate surface area is 156 Å². The molecule has 1 aliphatic heterocycles. The number of carbonyl (C=O) groups excluding carboxylic acids is 1. The SMILES string of the molecule is Nc1ccc(Nc2c(C(=O)[O-])cnc3c(N4CCOCC4)cccc23)cc1. The predicted molar refractivity (Wildman–Crippen MR) is 103 cm³/mol. The van der Waals surface area contributed by atoms with E-state index in [1.807, 2.05) is 18.2 Å². The molecule has 1 fully saturated rings. The standard InChI is InChI=1S/C20H20N4O3/c21-13-4-6-14(7-5-13)23-18-15-2-1-3-17(24-8-10-27-11-9-24)19(15)22-12-16(18)20(25)26/h1-7,12H,8-11,21H2,(H,22,23)(H,25,26)/p-1. The Morgan fingerprint density at radius 3 is 2.59 bits per heavy atom. The molecule has 27 heavy (non-hydrogen) atoms.